The van der Waals surface area contributed by atoms with Crippen molar-refractivity contribution in [1.29, 1.82) is 0 Å². The number of likely N-dealkylation sites (N-methyl/N-ethyl adjacent to an activating group) is 1. The van der Waals surface area contributed by atoms with E-state index >= 15 is 0 Å². The highest BCUT2D eigenvalue weighted by Gasteiger charge is 2.25. The highest BCUT2D eigenvalue weighted by atomic mass is 35.5. The van der Waals surface area contributed by atoms with E-state index in [0.29, 0.717) is 10.6 Å². The molecule has 0 aliphatic carbocycles. The second-order valence-corrected chi connectivity index (χ2v) is 8.51. The number of rotatable bonds is 4. The summed E-state index contributed by atoms with van der Waals surface area (Å²) in [6.45, 7) is 9.26. The summed E-state index contributed by atoms with van der Waals surface area (Å²) in [6, 6.07) is 4.12. The van der Waals surface area contributed by atoms with Gasteiger partial charge in [0.25, 0.3) is 5.91 Å². The molecule has 6 nitrogen and oxygen atoms in total. The topological polar surface area (TPSA) is 62.6 Å². The van der Waals surface area contributed by atoms with Crippen molar-refractivity contribution in [3.8, 4) is 0 Å². The first-order chi connectivity index (χ1) is 14.0. The van der Waals surface area contributed by atoms with Gasteiger partial charge < -0.3 is 15.1 Å². The Balaban J connectivity index is 1.64. The van der Waals surface area contributed by atoms with Gasteiger partial charge in [-0.15, -0.1) is 11.3 Å². The van der Waals surface area contributed by atoms with E-state index in [0.717, 1.165) is 54.3 Å². The third-order valence-corrected chi connectivity index (χ3v) is 6.85. The molecule has 0 saturated carbocycles. The van der Waals surface area contributed by atoms with E-state index in [-0.39, 0.29) is 10.9 Å². The van der Waals surface area contributed by atoms with Gasteiger partial charge in [-0.25, -0.2) is 14.4 Å². The zero-order valence-corrected chi connectivity index (χ0v) is 17.8. The van der Waals surface area contributed by atoms with E-state index in [1.165, 1.54) is 29.5 Å². The Hall–Kier alpha value is -2.29. The lowest BCUT2D eigenvalue weighted by atomic mass is 10.1. The van der Waals surface area contributed by atoms with Crippen LogP contribution in [-0.2, 0) is 0 Å². The number of hydrogen-bond donors (Lipinski definition) is 2. The Morgan fingerprint density at radius 2 is 2.10 bits per heavy atom. The van der Waals surface area contributed by atoms with E-state index in [2.05, 4.69) is 27.1 Å². The number of anilines is 2. The van der Waals surface area contributed by atoms with Crippen LogP contribution in [0.4, 0.5) is 15.9 Å². The first-order valence-corrected chi connectivity index (χ1v) is 10.8. The number of halogens is 2. The molecule has 1 aliphatic heterocycles. The fourth-order valence-corrected chi connectivity index (χ4v) is 4.88. The predicted octanol–water partition coefficient (Wildman–Crippen LogP) is 2.77. The first kappa shape index (κ1) is 20.0. The van der Waals surface area contributed by atoms with Crippen LogP contribution in [-0.4, -0.2) is 48.6 Å². The van der Waals surface area contributed by atoms with Gasteiger partial charge in [0, 0.05) is 5.69 Å². The fraction of sp³-hybridized carbons (Fsp3) is 0.350. The number of thiophene rings is 1. The number of nitrogens with one attached hydrogen (secondary N) is 2. The third-order valence-electron chi connectivity index (χ3n) is 5.36. The van der Waals surface area contributed by atoms with Gasteiger partial charge in [-0.1, -0.05) is 11.6 Å². The van der Waals surface area contributed by atoms with Gasteiger partial charge in [-0.2, -0.15) is 0 Å². The van der Waals surface area contributed by atoms with Gasteiger partial charge in [0.2, 0.25) is 0 Å². The average Bonchev–Trinajstić information content (AvgIpc) is 3.08. The second-order valence-electron chi connectivity index (χ2n) is 7.11. The van der Waals surface area contributed by atoms with Crippen molar-refractivity contribution in [2.45, 2.75) is 13.8 Å². The lowest BCUT2D eigenvalue weighted by Gasteiger charge is -2.32. The molecule has 2 N–H and O–H groups in total. The largest absolute Gasteiger partial charge is 0.345 e. The molecule has 152 valence electrons. The predicted molar refractivity (Wildman–Crippen MR) is 115 cm³/mol. The van der Waals surface area contributed by atoms with Gasteiger partial charge in [-0.05, 0) is 37.6 Å². The second kappa shape index (κ2) is 8.22. The number of carbonyl (C=O) groups excluding carboxylic acids is 1. The number of amides is 1. The minimum absolute atomic E-state index is 0.0302. The summed E-state index contributed by atoms with van der Waals surface area (Å²) in [5, 5.41) is 3.70. The summed E-state index contributed by atoms with van der Waals surface area (Å²) in [5.41, 5.74) is 1.31. The summed E-state index contributed by atoms with van der Waals surface area (Å²) in [5.74, 6) is 0.106. The van der Waals surface area contributed by atoms with Crippen molar-refractivity contribution in [3.63, 3.8) is 0 Å². The van der Waals surface area contributed by atoms with Crippen LogP contribution in [0.3, 0.4) is 0 Å². The quantitative estimate of drug-likeness (QED) is 0.662. The number of carbonyl (C=O) groups is 1. The summed E-state index contributed by atoms with van der Waals surface area (Å²) in [7, 11) is 0. The van der Waals surface area contributed by atoms with Crippen LogP contribution in [0.2, 0.25) is 5.02 Å². The lowest BCUT2D eigenvalue weighted by Crippen LogP contribution is -3.14. The zero-order valence-electron chi connectivity index (χ0n) is 16.3. The maximum Gasteiger partial charge on any atom is 0.266 e. The molecule has 3 heterocycles. The summed E-state index contributed by atoms with van der Waals surface area (Å²) in [6.07, 6.45) is 1.56. The fourth-order valence-electron chi connectivity index (χ4n) is 3.66. The molecule has 2 aromatic heterocycles. The summed E-state index contributed by atoms with van der Waals surface area (Å²) < 4.78 is 13.4. The number of hydrogen-bond acceptors (Lipinski definition) is 5. The van der Waals surface area contributed by atoms with Crippen molar-refractivity contribution in [3.05, 3.63) is 45.8 Å². The van der Waals surface area contributed by atoms with E-state index in [1.54, 1.807) is 11.2 Å². The molecular formula is C20H22ClFN5OS+. The zero-order chi connectivity index (χ0) is 20.5. The molecule has 9 heteroatoms. The van der Waals surface area contributed by atoms with Crippen LogP contribution in [0, 0.1) is 12.7 Å². The highest BCUT2D eigenvalue weighted by molar-refractivity contribution is 7.20. The number of fused-ring (bicyclic) bond motifs is 1. The molecule has 1 fully saturated rings. The number of aryl methyl sites for hydroxylation is 1. The Labute approximate surface area is 177 Å². The standard InChI is InChI=1S/C20H21ClFN5OS/c1-3-26-6-8-27(9-7-26)18-16-12(2)17(29-20(16)24-11-23-18)19(28)25-13-4-5-15(22)14(21)10-13/h4-5,10-11H,3,6-9H2,1-2H3,(H,25,28)/p+1. The maximum atomic E-state index is 13.4. The smallest absolute Gasteiger partial charge is 0.266 e. The van der Waals surface area contributed by atoms with E-state index in [1.807, 2.05) is 6.92 Å². The molecule has 3 aromatic rings. The van der Waals surface area contributed by atoms with Gasteiger partial charge in [0.1, 0.15) is 22.8 Å². The Morgan fingerprint density at radius 3 is 2.79 bits per heavy atom. The van der Waals surface area contributed by atoms with E-state index in [9.17, 15) is 9.18 Å². The molecule has 1 saturated heterocycles. The van der Waals surface area contributed by atoms with Crippen LogP contribution < -0.4 is 15.1 Å². The molecule has 0 radical (unpaired) electrons. The highest BCUT2D eigenvalue weighted by Crippen LogP contribution is 2.35. The van der Waals surface area contributed by atoms with Gasteiger partial charge in [-0.3, -0.25) is 4.79 Å². The first-order valence-electron chi connectivity index (χ1n) is 9.57. The number of benzene rings is 1. The minimum Gasteiger partial charge on any atom is -0.345 e. The van der Waals surface area contributed by atoms with Crippen LogP contribution in [0.15, 0.2) is 24.5 Å². The summed E-state index contributed by atoms with van der Waals surface area (Å²) >= 11 is 7.16. The molecule has 1 aromatic carbocycles. The van der Waals surface area contributed by atoms with Crippen LogP contribution in [0.1, 0.15) is 22.2 Å². The average molecular weight is 435 g/mol. The summed E-state index contributed by atoms with van der Waals surface area (Å²) in [4.78, 5) is 27.0. The van der Waals surface area contributed by atoms with Gasteiger partial charge in [0.05, 0.1) is 48.0 Å². The SMILES string of the molecule is CC[NH+]1CCN(c2ncnc3sc(C(=O)Nc4ccc(F)c(Cl)c4)c(C)c23)CC1. The molecule has 0 spiro atoms. The van der Waals surface area contributed by atoms with Crippen molar-refractivity contribution in [2.24, 2.45) is 0 Å². The molecule has 1 aliphatic rings. The van der Waals surface area contributed by atoms with Gasteiger partial charge in [0.15, 0.2) is 0 Å². The third kappa shape index (κ3) is 3.92. The van der Waals surface area contributed by atoms with Crippen molar-refractivity contribution >= 4 is 50.6 Å². The molecule has 0 atom stereocenters. The number of nitrogens with zero attached hydrogens (tertiary/aromatic N) is 3. The van der Waals surface area contributed by atoms with Crippen LogP contribution in [0.25, 0.3) is 10.2 Å². The molecule has 29 heavy (non-hydrogen) atoms. The van der Waals surface area contributed by atoms with E-state index in [4.69, 9.17) is 11.6 Å². The molecule has 4 rings (SSSR count). The number of aromatic nitrogens is 2. The van der Waals surface area contributed by atoms with Crippen molar-refractivity contribution < 1.29 is 14.1 Å². The minimum atomic E-state index is -0.521. The Kier molecular flexibility index (Phi) is 5.67. The van der Waals surface area contributed by atoms with Crippen LogP contribution >= 0.6 is 22.9 Å². The molecule has 0 unspecified atom stereocenters. The molecular weight excluding hydrogens is 413 g/mol. The van der Waals surface area contributed by atoms with E-state index < -0.39 is 5.82 Å². The number of quaternary nitrogens is 1. The van der Waals surface area contributed by atoms with Gasteiger partial charge >= 0.3 is 0 Å². The maximum absolute atomic E-state index is 13.4. The normalized spacial score (nSPS) is 15.1. The Morgan fingerprint density at radius 1 is 1.34 bits per heavy atom. The number of piperazine rings is 1. The molecule has 0 bridgehead atoms. The van der Waals surface area contributed by atoms with Crippen LogP contribution in [0.5, 0.6) is 0 Å². The lowest BCUT2D eigenvalue weighted by molar-refractivity contribution is -0.898. The monoisotopic (exact) mass is 434 g/mol. The van der Waals surface area contributed by atoms with Crippen molar-refractivity contribution in [2.75, 3.05) is 42.9 Å². The Bertz CT molecular complexity index is 1060. The van der Waals surface area contributed by atoms with Crippen molar-refractivity contribution in [1.82, 2.24) is 9.97 Å². The molecule has 1 amide bonds.